The lowest BCUT2D eigenvalue weighted by atomic mass is 10.2. The fourth-order valence-corrected chi connectivity index (χ4v) is 4.15. The molecular formula is C20H24N6O4S. The van der Waals surface area contributed by atoms with Crippen molar-refractivity contribution in [3.8, 4) is 17.1 Å². The fraction of sp³-hybridized carbons (Fsp3) is 0.300. The van der Waals surface area contributed by atoms with E-state index >= 15 is 0 Å². The van der Waals surface area contributed by atoms with Crippen LogP contribution in [0.25, 0.3) is 11.4 Å². The van der Waals surface area contributed by atoms with E-state index in [-0.39, 0.29) is 23.8 Å². The first-order valence-electron chi connectivity index (χ1n) is 9.54. The molecule has 0 bridgehead atoms. The van der Waals surface area contributed by atoms with E-state index in [9.17, 15) is 13.2 Å². The molecule has 0 saturated carbocycles. The summed E-state index contributed by atoms with van der Waals surface area (Å²) in [5.41, 5.74) is 1.39. The van der Waals surface area contributed by atoms with Gasteiger partial charge in [0, 0.05) is 38.3 Å². The molecule has 0 fully saturated rings. The number of tetrazole rings is 1. The topological polar surface area (TPSA) is 119 Å². The molecular weight excluding hydrogens is 420 g/mol. The van der Waals surface area contributed by atoms with Crippen LogP contribution in [0.4, 0.5) is 5.69 Å². The lowest BCUT2D eigenvalue weighted by Crippen LogP contribution is -2.28. The number of nitrogens with zero attached hydrogens (tertiary/aromatic N) is 5. The molecule has 1 aromatic heterocycles. The van der Waals surface area contributed by atoms with Gasteiger partial charge in [0.2, 0.25) is 15.9 Å². The maximum Gasteiger partial charge on any atom is 0.242 e. The molecule has 31 heavy (non-hydrogen) atoms. The first kappa shape index (κ1) is 22.4. The average Bonchev–Trinajstić information content (AvgIpc) is 3.19. The van der Waals surface area contributed by atoms with Crippen molar-refractivity contribution in [3.63, 3.8) is 0 Å². The molecule has 164 valence electrons. The third-order valence-corrected chi connectivity index (χ3v) is 6.54. The molecule has 0 spiro atoms. The van der Waals surface area contributed by atoms with Crippen LogP contribution in [0.3, 0.4) is 0 Å². The van der Waals surface area contributed by atoms with Crippen LogP contribution in [0.15, 0.2) is 53.4 Å². The predicted molar refractivity (Wildman–Crippen MR) is 115 cm³/mol. The fourth-order valence-electron chi connectivity index (χ4n) is 2.94. The van der Waals surface area contributed by atoms with Crippen molar-refractivity contribution >= 4 is 21.6 Å². The highest BCUT2D eigenvalue weighted by molar-refractivity contribution is 7.89. The molecule has 1 N–H and O–H groups in total. The summed E-state index contributed by atoms with van der Waals surface area (Å²) in [5.74, 6) is 0.961. The Kier molecular flexibility index (Phi) is 6.98. The third-order valence-electron chi connectivity index (χ3n) is 4.67. The first-order valence-corrected chi connectivity index (χ1v) is 11.0. The summed E-state index contributed by atoms with van der Waals surface area (Å²) in [6.45, 7) is 0.215. The van der Waals surface area contributed by atoms with Gasteiger partial charge in [-0.1, -0.05) is 12.1 Å². The number of carbonyl (C=O) groups excluding carboxylic acids is 1. The second kappa shape index (κ2) is 9.67. The van der Waals surface area contributed by atoms with Crippen LogP contribution in [-0.2, 0) is 21.9 Å². The van der Waals surface area contributed by atoms with Crippen LogP contribution in [0.5, 0.6) is 5.75 Å². The second-order valence-electron chi connectivity index (χ2n) is 6.86. The Hall–Kier alpha value is -3.31. The molecule has 11 heteroatoms. The van der Waals surface area contributed by atoms with Gasteiger partial charge in [-0.3, -0.25) is 4.79 Å². The van der Waals surface area contributed by atoms with E-state index in [1.165, 1.54) is 30.6 Å². The highest BCUT2D eigenvalue weighted by atomic mass is 32.2. The van der Waals surface area contributed by atoms with Crippen molar-refractivity contribution in [2.45, 2.75) is 17.7 Å². The van der Waals surface area contributed by atoms with Gasteiger partial charge >= 0.3 is 0 Å². The van der Waals surface area contributed by atoms with Crippen LogP contribution in [0.1, 0.15) is 12.8 Å². The quantitative estimate of drug-likeness (QED) is 0.535. The zero-order valence-electron chi connectivity index (χ0n) is 17.5. The normalized spacial score (nSPS) is 11.5. The number of carbonyl (C=O) groups is 1. The molecule has 2 aromatic carbocycles. The summed E-state index contributed by atoms with van der Waals surface area (Å²) in [7, 11) is 1.12. The number of rotatable bonds is 9. The standard InChI is InChI=1S/C20H24N6O4S/c1-25(31(28,29)18-11-9-17(30-3)10-12-18)13-5-8-19(27)21-16-7-4-6-15(14-16)20-22-23-24-26(20)2/h4,6-7,9-12,14H,5,8,13H2,1-3H3,(H,21,27). The van der Waals surface area contributed by atoms with Crippen LogP contribution >= 0.6 is 0 Å². The average molecular weight is 445 g/mol. The number of nitrogens with one attached hydrogen (secondary N) is 1. The number of anilines is 1. The number of amides is 1. The van der Waals surface area contributed by atoms with Crippen molar-refractivity contribution in [3.05, 3.63) is 48.5 Å². The number of hydrogen-bond acceptors (Lipinski definition) is 7. The number of ether oxygens (including phenoxy) is 1. The Morgan fingerprint density at radius 2 is 1.94 bits per heavy atom. The molecule has 0 radical (unpaired) electrons. The highest BCUT2D eigenvalue weighted by Gasteiger charge is 2.20. The summed E-state index contributed by atoms with van der Waals surface area (Å²) in [6.07, 6.45) is 0.558. The van der Waals surface area contributed by atoms with Gasteiger partial charge in [0.15, 0.2) is 5.82 Å². The largest absolute Gasteiger partial charge is 0.497 e. The molecule has 0 aliphatic rings. The Labute approximate surface area is 180 Å². The van der Waals surface area contributed by atoms with Crippen molar-refractivity contribution in [1.29, 1.82) is 0 Å². The van der Waals surface area contributed by atoms with Crippen LogP contribution in [-0.4, -0.2) is 59.5 Å². The predicted octanol–water partition coefficient (Wildman–Crippen LogP) is 1.93. The van der Waals surface area contributed by atoms with E-state index in [0.717, 1.165) is 5.56 Å². The molecule has 0 saturated heterocycles. The Morgan fingerprint density at radius 3 is 2.58 bits per heavy atom. The van der Waals surface area contributed by atoms with Gasteiger partial charge < -0.3 is 10.1 Å². The summed E-state index contributed by atoms with van der Waals surface area (Å²) >= 11 is 0. The maximum atomic E-state index is 12.6. The molecule has 1 heterocycles. The van der Waals surface area contributed by atoms with Gasteiger partial charge in [-0.05, 0) is 53.2 Å². The molecule has 3 rings (SSSR count). The number of aryl methyl sites for hydroxylation is 1. The number of methoxy groups -OCH3 is 1. The summed E-state index contributed by atoms with van der Waals surface area (Å²) < 4.78 is 33.1. The van der Waals surface area contributed by atoms with Gasteiger partial charge in [0.25, 0.3) is 0 Å². The van der Waals surface area contributed by atoms with E-state index in [2.05, 4.69) is 20.8 Å². The van der Waals surface area contributed by atoms with E-state index in [1.54, 1.807) is 42.1 Å². The Bertz CT molecular complexity index is 1140. The second-order valence-corrected chi connectivity index (χ2v) is 8.91. The maximum absolute atomic E-state index is 12.6. The van der Waals surface area contributed by atoms with Crippen LogP contribution in [0, 0.1) is 0 Å². The monoisotopic (exact) mass is 444 g/mol. The molecule has 0 aliphatic heterocycles. The Morgan fingerprint density at radius 1 is 1.19 bits per heavy atom. The zero-order chi connectivity index (χ0) is 22.4. The molecule has 3 aromatic rings. The van der Waals surface area contributed by atoms with Crippen molar-refractivity contribution in [1.82, 2.24) is 24.5 Å². The van der Waals surface area contributed by atoms with Crippen LogP contribution < -0.4 is 10.1 Å². The molecule has 0 atom stereocenters. The van der Waals surface area contributed by atoms with Gasteiger partial charge in [-0.25, -0.2) is 17.4 Å². The van der Waals surface area contributed by atoms with E-state index < -0.39 is 10.0 Å². The van der Waals surface area contributed by atoms with Crippen molar-refractivity contribution in [2.75, 3.05) is 26.0 Å². The summed E-state index contributed by atoms with van der Waals surface area (Å²) in [5, 5.41) is 14.2. The lowest BCUT2D eigenvalue weighted by molar-refractivity contribution is -0.116. The third kappa shape index (κ3) is 5.44. The molecule has 0 aliphatic carbocycles. The number of benzene rings is 2. The first-order chi connectivity index (χ1) is 14.8. The van der Waals surface area contributed by atoms with Crippen molar-refractivity contribution in [2.24, 2.45) is 7.05 Å². The van der Waals surface area contributed by atoms with E-state index in [4.69, 9.17) is 4.74 Å². The minimum Gasteiger partial charge on any atom is -0.497 e. The van der Waals surface area contributed by atoms with Gasteiger partial charge in [0.1, 0.15) is 5.75 Å². The zero-order valence-corrected chi connectivity index (χ0v) is 18.3. The lowest BCUT2D eigenvalue weighted by Gasteiger charge is -2.17. The highest BCUT2D eigenvalue weighted by Crippen LogP contribution is 2.21. The summed E-state index contributed by atoms with van der Waals surface area (Å²) in [6, 6.07) is 13.4. The molecule has 10 nitrogen and oxygen atoms in total. The van der Waals surface area contributed by atoms with E-state index in [1.807, 2.05) is 6.07 Å². The van der Waals surface area contributed by atoms with Gasteiger partial charge in [0.05, 0.1) is 12.0 Å². The minimum atomic E-state index is -3.63. The molecule has 1 amide bonds. The SMILES string of the molecule is COc1ccc(S(=O)(=O)N(C)CCCC(=O)Nc2cccc(-c3nnnn3C)c2)cc1. The Balaban J connectivity index is 1.53. The summed E-state index contributed by atoms with van der Waals surface area (Å²) in [4.78, 5) is 12.5. The number of hydrogen-bond donors (Lipinski definition) is 1. The smallest absolute Gasteiger partial charge is 0.242 e. The van der Waals surface area contributed by atoms with Gasteiger partial charge in [-0.2, -0.15) is 0 Å². The van der Waals surface area contributed by atoms with Crippen molar-refractivity contribution < 1.29 is 17.9 Å². The molecule has 0 unspecified atom stereocenters. The van der Waals surface area contributed by atoms with E-state index in [0.29, 0.717) is 23.7 Å². The minimum absolute atomic E-state index is 0.176. The number of aromatic nitrogens is 4. The number of sulfonamides is 1. The van der Waals surface area contributed by atoms with Crippen LogP contribution in [0.2, 0.25) is 0 Å². The van der Waals surface area contributed by atoms with Gasteiger partial charge in [-0.15, -0.1) is 5.10 Å².